The molecule has 1 heterocycles. The van der Waals surface area contributed by atoms with E-state index in [0.717, 1.165) is 10.6 Å². The monoisotopic (exact) mass is 237 g/mol. The molecule has 0 fully saturated rings. The van der Waals surface area contributed by atoms with Gasteiger partial charge < -0.3 is 15.2 Å². The van der Waals surface area contributed by atoms with Crippen LogP contribution in [-0.2, 0) is 0 Å². The first-order chi connectivity index (χ1) is 7.74. The highest BCUT2D eigenvalue weighted by atomic mass is 32.1. The van der Waals surface area contributed by atoms with Gasteiger partial charge in [-0.1, -0.05) is 11.3 Å². The predicted molar refractivity (Wildman–Crippen MR) is 62.9 cm³/mol. The van der Waals surface area contributed by atoms with Crippen LogP contribution in [0.4, 0.5) is 5.13 Å². The highest BCUT2D eigenvalue weighted by Gasteiger charge is 2.09. The van der Waals surface area contributed by atoms with Crippen LogP contribution < -0.4 is 15.2 Å². The van der Waals surface area contributed by atoms with Crippen molar-refractivity contribution in [2.45, 2.75) is 0 Å². The van der Waals surface area contributed by atoms with E-state index < -0.39 is 0 Å². The van der Waals surface area contributed by atoms with E-state index in [1.165, 1.54) is 11.3 Å². The van der Waals surface area contributed by atoms with E-state index in [9.17, 15) is 0 Å². The van der Waals surface area contributed by atoms with Crippen LogP contribution in [0.5, 0.6) is 11.5 Å². The highest BCUT2D eigenvalue weighted by molar-refractivity contribution is 7.18. The van der Waals surface area contributed by atoms with Crippen molar-refractivity contribution in [3.8, 4) is 22.1 Å². The normalized spacial score (nSPS) is 10.1. The summed E-state index contributed by atoms with van der Waals surface area (Å²) >= 11 is 1.33. The molecule has 5 nitrogen and oxygen atoms in total. The zero-order chi connectivity index (χ0) is 11.5. The number of methoxy groups -OCH3 is 2. The summed E-state index contributed by atoms with van der Waals surface area (Å²) in [6.45, 7) is 0. The maximum Gasteiger partial charge on any atom is 0.203 e. The van der Waals surface area contributed by atoms with E-state index in [-0.39, 0.29) is 0 Å². The summed E-state index contributed by atoms with van der Waals surface area (Å²) in [5, 5.41) is 8.94. The molecule has 0 saturated carbocycles. The molecule has 16 heavy (non-hydrogen) atoms. The SMILES string of the molecule is COc1ccc(-c2nnc(N)s2)cc1OC. The summed E-state index contributed by atoms with van der Waals surface area (Å²) in [5.41, 5.74) is 6.44. The Balaban J connectivity index is 2.43. The fourth-order valence-corrected chi connectivity index (χ4v) is 1.93. The standard InChI is InChI=1S/C10H11N3O2S/c1-14-7-4-3-6(5-8(7)15-2)9-12-13-10(11)16-9/h3-5H,1-2H3,(H2,11,13). The zero-order valence-corrected chi connectivity index (χ0v) is 9.75. The van der Waals surface area contributed by atoms with E-state index in [1.807, 2.05) is 18.2 Å². The van der Waals surface area contributed by atoms with E-state index in [1.54, 1.807) is 14.2 Å². The molecule has 0 saturated heterocycles. The van der Waals surface area contributed by atoms with Gasteiger partial charge in [-0.25, -0.2) is 0 Å². The number of nitrogens with two attached hydrogens (primary N) is 1. The van der Waals surface area contributed by atoms with Crippen molar-refractivity contribution in [1.82, 2.24) is 10.2 Å². The average Bonchev–Trinajstić information content (AvgIpc) is 2.75. The van der Waals surface area contributed by atoms with Crippen molar-refractivity contribution >= 4 is 16.5 Å². The van der Waals surface area contributed by atoms with Gasteiger partial charge in [0, 0.05) is 5.56 Å². The van der Waals surface area contributed by atoms with Gasteiger partial charge >= 0.3 is 0 Å². The smallest absolute Gasteiger partial charge is 0.203 e. The number of aromatic nitrogens is 2. The Hall–Kier alpha value is -1.82. The van der Waals surface area contributed by atoms with Crippen molar-refractivity contribution in [3.63, 3.8) is 0 Å². The topological polar surface area (TPSA) is 70.3 Å². The van der Waals surface area contributed by atoms with Gasteiger partial charge in [0.15, 0.2) is 11.5 Å². The van der Waals surface area contributed by atoms with Crippen LogP contribution in [0.15, 0.2) is 18.2 Å². The minimum atomic E-state index is 0.449. The number of benzene rings is 1. The Bertz CT molecular complexity index is 499. The molecule has 0 aliphatic rings. The number of rotatable bonds is 3. The van der Waals surface area contributed by atoms with E-state index in [2.05, 4.69) is 10.2 Å². The summed E-state index contributed by atoms with van der Waals surface area (Å²) in [4.78, 5) is 0. The van der Waals surface area contributed by atoms with E-state index in [4.69, 9.17) is 15.2 Å². The molecule has 0 aliphatic heterocycles. The van der Waals surface area contributed by atoms with Gasteiger partial charge in [0.05, 0.1) is 14.2 Å². The fraction of sp³-hybridized carbons (Fsp3) is 0.200. The van der Waals surface area contributed by atoms with Gasteiger partial charge in [-0.05, 0) is 18.2 Å². The van der Waals surface area contributed by atoms with Crippen molar-refractivity contribution in [1.29, 1.82) is 0 Å². The molecule has 6 heteroatoms. The molecule has 0 unspecified atom stereocenters. The second-order valence-electron chi connectivity index (χ2n) is 3.02. The van der Waals surface area contributed by atoms with Crippen LogP contribution in [0.3, 0.4) is 0 Å². The average molecular weight is 237 g/mol. The largest absolute Gasteiger partial charge is 0.493 e. The van der Waals surface area contributed by atoms with Gasteiger partial charge in [0.2, 0.25) is 5.13 Å². The maximum atomic E-state index is 5.53. The molecule has 2 aromatic rings. The first-order valence-corrected chi connectivity index (χ1v) is 5.37. The quantitative estimate of drug-likeness (QED) is 0.881. The number of hydrogen-bond acceptors (Lipinski definition) is 6. The molecular weight excluding hydrogens is 226 g/mol. The van der Waals surface area contributed by atoms with Gasteiger partial charge in [-0.3, -0.25) is 0 Å². The second kappa shape index (κ2) is 4.36. The zero-order valence-electron chi connectivity index (χ0n) is 8.93. The molecule has 0 atom stereocenters. The molecule has 2 N–H and O–H groups in total. The van der Waals surface area contributed by atoms with E-state index >= 15 is 0 Å². The first kappa shape index (κ1) is 10.7. The summed E-state index contributed by atoms with van der Waals surface area (Å²) in [6.07, 6.45) is 0. The lowest BCUT2D eigenvalue weighted by atomic mass is 10.2. The van der Waals surface area contributed by atoms with Crippen LogP contribution in [0, 0.1) is 0 Å². The van der Waals surface area contributed by atoms with Crippen molar-refractivity contribution < 1.29 is 9.47 Å². The summed E-state index contributed by atoms with van der Waals surface area (Å²) in [5.74, 6) is 1.34. The molecule has 0 bridgehead atoms. The van der Waals surface area contributed by atoms with Gasteiger partial charge in [-0.2, -0.15) is 0 Å². The first-order valence-electron chi connectivity index (χ1n) is 4.56. The number of nitrogen functional groups attached to an aromatic ring is 1. The number of nitrogens with zero attached hydrogens (tertiary/aromatic N) is 2. The van der Waals surface area contributed by atoms with Gasteiger partial charge in [0.1, 0.15) is 5.01 Å². The molecule has 0 radical (unpaired) electrons. The lowest BCUT2D eigenvalue weighted by Gasteiger charge is -2.07. The summed E-state index contributed by atoms with van der Waals surface area (Å²) in [7, 11) is 3.19. The molecule has 2 rings (SSSR count). The lowest BCUT2D eigenvalue weighted by Crippen LogP contribution is -1.90. The van der Waals surface area contributed by atoms with Crippen molar-refractivity contribution in [3.05, 3.63) is 18.2 Å². The minimum Gasteiger partial charge on any atom is -0.493 e. The molecule has 1 aromatic heterocycles. The molecular formula is C10H11N3O2S. The second-order valence-corrected chi connectivity index (χ2v) is 4.02. The highest BCUT2D eigenvalue weighted by Crippen LogP contribution is 2.33. The Morgan fingerprint density at radius 2 is 1.88 bits per heavy atom. The van der Waals surface area contributed by atoms with E-state index in [0.29, 0.717) is 16.6 Å². The third-order valence-corrected chi connectivity index (χ3v) is 2.87. The van der Waals surface area contributed by atoms with Gasteiger partial charge in [0.25, 0.3) is 0 Å². The Morgan fingerprint density at radius 3 is 2.44 bits per heavy atom. The molecule has 84 valence electrons. The van der Waals surface area contributed by atoms with Crippen molar-refractivity contribution in [2.75, 3.05) is 20.0 Å². The van der Waals surface area contributed by atoms with Crippen LogP contribution in [0.25, 0.3) is 10.6 Å². The number of anilines is 1. The van der Waals surface area contributed by atoms with Crippen LogP contribution in [0.1, 0.15) is 0 Å². The van der Waals surface area contributed by atoms with Crippen LogP contribution in [-0.4, -0.2) is 24.4 Å². The Labute approximate surface area is 96.8 Å². The lowest BCUT2D eigenvalue weighted by molar-refractivity contribution is 0.355. The van der Waals surface area contributed by atoms with Gasteiger partial charge in [-0.15, -0.1) is 10.2 Å². The summed E-state index contributed by atoms with van der Waals surface area (Å²) < 4.78 is 10.4. The predicted octanol–water partition coefficient (Wildman–Crippen LogP) is 1.80. The Kier molecular flexibility index (Phi) is 2.91. The van der Waals surface area contributed by atoms with Crippen LogP contribution in [0.2, 0.25) is 0 Å². The molecule has 1 aromatic carbocycles. The molecule has 0 spiro atoms. The Morgan fingerprint density at radius 1 is 1.12 bits per heavy atom. The number of ether oxygens (including phenoxy) is 2. The minimum absolute atomic E-state index is 0.449. The third kappa shape index (κ3) is 1.92. The van der Waals surface area contributed by atoms with Crippen LogP contribution >= 0.6 is 11.3 Å². The molecule has 0 amide bonds. The maximum absolute atomic E-state index is 5.53. The third-order valence-electron chi connectivity index (χ3n) is 2.07. The number of hydrogen-bond donors (Lipinski definition) is 1. The van der Waals surface area contributed by atoms with Crippen molar-refractivity contribution in [2.24, 2.45) is 0 Å². The summed E-state index contributed by atoms with van der Waals surface area (Å²) in [6, 6.07) is 5.56. The fourth-order valence-electron chi connectivity index (χ4n) is 1.32. The molecule has 0 aliphatic carbocycles.